The molecule has 0 aliphatic carbocycles. The molecule has 0 amide bonds. The number of aromatic nitrogens is 1. The number of H-pyrrole nitrogens is 1. The monoisotopic (exact) mass is 382 g/mol. The van der Waals surface area contributed by atoms with Gasteiger partial charge in [-0.15, -0.1) is 0 Å². The molecule has 0 fully saturated rings. The summed E-state index contributed by atoms with van der Waals surface area (Å²) in [6.45, 7) is 1.78. The zero-order chi connectivity index (χ0) is 19.1. The maximum Gasteiger partial charge on any atom is 0.417 e. The molecule has 0 aliphatic rings. The molecule has 0 bridgehead atoms. The smallest absolute Gasteiger partial charge is 0.322 e. The molecule has 5 nitrogen and oxygen atoms in total. The van der Waals surface area contributed by atoms with Gasteiger partial charge in [-0.25, -0.2) is 8.42 Å². The molecule has 2 aromatic carbocycles. The number of aromatic amines is 1. The molecule has 0 atom stereocenters. The van der Waals surface area contributed by atoms with E-state index in [0.29, 0.717) is 11.8 Å². The number of sulfonamides is 1. The zero-order valence-electron chi connectivity index (χ0n) is 13.4. The second-order valence-electron chi connectivity index (χ2n) is 5.73. The number of pyridine rings is 1. The first-order valence-corrected chi connectivity index (χ1v) is 8.88. The van der Waals surface area contributed by atoms with Crippen LogP contribution >= 0.6 is 0 Å². The van der Waals surface area contributed by atoms with E-state index in [9.17, 15) is 26.4 Å². The molecule has 0 saturated carbocycles. The minimum Gasteiger partial charge on any atom is -0.322 e. The summed E-state index contributed by atoms with van der Waals surface area (Å²) >= 11 is 0. The van der Waals surface area contributed by atoms with Gasteiger partial charge in [-0.1, -0.05) is 12.1 Å². The Morgan fingerprint density at radius 3 is 2.42 bits per heavy atom. The third-order valence-corrected chi connectivity index (χ3v) is 5.08. The molecule has 1 heterocycles. The second-order valence-corrected chi connectivity index (χ2v) is 7.41. The molecule has 0 spiro atoms. The first-order valence-electron chi connectivity index (χ1n) is 7.40. The second kappa shape index (κ2) is 6.17. The largest absolute Gasteiger partial charge is 0.417 e. The Labute approximate surface area is 146 Å². The highest BCUT2D eigenvalue weighted by Gasteiger charge is 2.33. The van der Waals surface area contributed by atoms with Crippen molar-refractivity contribution in [3.8, 4) is 0 Å². The Kier molecular flexibility index (Phi) is 4.27. The van der Waals surface area contributed by atoms with E-state index < -0.39 is 32.7 Å². The fourth-order valence-electron chi connectivity index (χ4n) is 2.56. The molecule has 1 aromatic heterocycles. The molecule has 26 heavy (non-hydrogen) atoms. The van der Waals surface area contributed by atoms with Gasteiger partial charge >= 0.3 is 6.18 Å². The molecule has 0 aliphatic heterocycles. The lowest BCUT2D eigenvalue weighted by molar-refractivity contribution is -0.136. The van der Waals surface area contributed by atoms with Gasteiger partial charge in [0.25, 0.3) is 10.0 Å². The summed E-state index contributed by atoms with van der Waals surface area (Å²) in [5, 5.41) is -0.399. The van der Waals surface area contributed by atoms with Crippen LogP contribution in [-0.4, -0.2) is 13.4 Å². The van der Waals surface area contributed by atoms with Crippen LogP contribution in [0, 0.1) is 6.92 Å². The lowest BCUT2D eigenvalue weighted by Crippen LogP contribution is -2.16. The summed E-state index contributed by atoms with van der Waals surface area (Å²) in [4.78, 5) is 13.3. The fourth-order valence-corrected chi connectivity index (χ4v) is 3.63. The zero-order valence-corrected chi connectivity index (χ0v) is 14.2. The summed E-state index contributed by atoms with van der Waals surface area (Å²) in [5.74, 6) is 0. The lowest BCUT2D eigenvalue weighted by atomic mass is 10.1. The van der Waals surface area contributed by atoms with Crippen molar-refractivity contribution in [2.45, 2.75) is 18.0 Å². The minimum absolute atomic E-state index is 0.0978. The quantitative estimate of drug-likeness (QED) is 0.726. The van der Waals surface area contributed by atoms with E-state index in [4.69, 9.17) is 0 Å². The van der Waals surface area contributed by atoms with E-state index in [1.54, 1.807) is 25.1 Å². The highest BCUT2D eigenvalue weighted by Crippen LogP contribution is 2.34. The normalized spacial score (nSPS) is 12.3. The fraction of sp³-hybridized carbons (Fsp3) is 0.118. The van der Waals surface area contributed by atoms with E-state index in [0.717, 1.165) is 23.8 Å². The number of alkyl halides is 3. The standard InChI is InChI=1S/C17H13F3N2O3S/c1-10-3-2-4-11(7-10)22-26(24,25)12-5-6-15-13(8-12)14(17(18,19)20)9-16(23)21-15/h2-9,22H,1H3,(H,21,23). The summed E-state index contributed by atoms with van der Waals surface area (Å²) in [7, 11) is -4.10. The predicted octanol–water partition coefficient (Wildman–Crippen LogP) is 3.66. The van der Waals surface area contributed by atoms with Crippen molar-refractivity contribution < 1.29 is 21.6 Å². The summed E-state index contributed by atoms with van der Waals surface area (Å²) in [6.07, 6.45) is -4.79. The van der Waals surface area contributed by atoms with E-state index in [1.807, 2.05) is 0 Å². The molecule has 2 N–H and O–H groups in total. The van der Waals surface area contributed by atoms with Gasteiger partial charge in [0.2, 0.25) is 5.56 Å². The highest BCUT2D eigenvalue weighted by molar-refractivity contribution is 7.92. The van der Waals surface area contributed by atoms with Gasteiger partial charge in [-0.05, 0) is 42.8 Å². The third kappa shape index (κ3) is 3.57. The van der Waals surface area contributed by atoms with Gasteiger partial charge in [0.05, 0.1) is 10.5 Å². The third-order valence-electron chi connectivity index (χ3n) is 3.70. The maximum absolute atomic E-state index is 13.2. The van der Waals surface area contributed by atoms with E-state index >= 15 is 0 Å². The Bertz CT molecular complexity index is 1150. The number of fused-ring (bicyclic) bond motifs is 1. The van der Waals surface area contributed by atoms with Crippen molar-refractivity contribution >= 4 is 26.6 Å². The van der Waals surface area contributed by atoms with Crippen LogP contribution in [0.4, 0.5) is 18.9 Å². The first-order chi connectivity index (χ1) is 12.1. The number of benzene rings is 2. The summed E-state index contributed by atoms with van der Waals surface area (Å²) in [5.41, 5.74) is -1.09. The highest BCUT2D eigenvalue weighted by atomic mass is 32.2. The molecule has 136 valence electrons. The Hall–Kier alpha value is -2.81. The molecule has 0 saturated heterocycles. The molecule has 0 unspecified atom stereocenters. The van der Waals surface area contributed by atoms with E-state index in [2.05, 4.69) is 9.71 Å². The number of rotatable bonds is 3. The maximum atomic E-state index is 13.2. The number of aryl methyl sites for hydroxylation is 1. The number of nitrogens with one attached hydrogen (secondary N) is 2. The van der Waals surface area contributed by atoms with Crippen molar-refractivity contribution in [2.24, 2.45) is 0 Å². The van der Waals surface area contributed by atoms with E-state index in [1.165, 1.54) is 6.07 Å². The van der Waals surface area contributed by atoms with Crippen LogP contribution in [0.5, 0.6) is 0 Å². The predicted molar refractivity (Wildman–Crippen MR) is 91.6 cm³/mol. The minimum atomic E-state index is -4.79. The van der Waals surface area contributed by atoms with Crippen LogP contribution in [0.3, 0.4) is 0 Å². The average Bonchev–Trinajstić information content (AvgIpc) is 2.52. The SMILES string of the molecule is Cc1cccc(NS(=O)(=O)c2ccc3[nH]c(=O)cc(C(F)(F)F)c3c2)c1. The van der Waals surface area contributed by atoms with Crippen LogP contribution in [-0.2, 0) is 16.2 Å². The van der Waals surface area contributed by atoms with Crippen molar-refractivity contribution in [1.29, 1.82) is 0 Å². The van der Waals surface area contributed by atoms with Crippen molar-refractivity contribution in [3.05, 3.63) is 70.0 Å². The lowest BCUT2D eigenvalue weighted by Gasteiger charge is -2.12. The molecule has 3 rings (SSSR count). The molecular weight excluding hydrogens is 369 g/mol. The number of hydrogen-bond donors (Lipinski definition) is 2. The first kappa shape index (κ1) is 18.0. The number of anilines is 1. The van der Waals surface area contributed by atoms with Crippen LogP contribution in [0.1, 0.15) is 11.1 Å². The van der Waals surface area contributed by atoms with Crippen LogP contribution < -0.4 is 10.3 Å². The Balaban J connectivity index is 2.13. The van der Waals surface area contributed by atoms with Crippen molar-refractivity contribution in [1.82, 2.24) is 4.98 Å². The molecular formula is C17H13F3N2O3S. The van der Waals surface area contributed by atoms with Gasteiger partial charge in [0, 0.05) is 22.7 Å². The van der Waals surface area contributed by atoms with Gasteiger partial charge in [-0.3, -0.25) is 9.52 Å². The van der Waals surface area contributed by atoms with Crippen LogP contribution in [0.2, 0.25) is 0 Å². The van der Waals surface area contributed by atoms with Crippen LogP contribution in [0.15, 0.2) is 58.2 Å². The van der Waals surface area contributed by atoms with Crippen molar-refractivity contribution in [2.75, 3.05) is 4.72 Å². The topological polar surface area (TPSA) is 79.0 Å². The summed E-state index contributed by atoms with van der Waals surface area (Å²) in [6, 6.07) is 10.1. The molecule has 3 aromatic rings. The van der Waals surface area contributed by atoms with E-state index in [-0.39, 0.29) is 10.4 Å². The number of halogens is 3. The van der Waals surface area contributed by atoms with Gasteiger partial charge < -0.3 is 4.98 Å². The Morgan fingerprint density at radius 1 is 1.04 bits per heavy atom. The molecule has 9 heteroatoms. The summed E-state index contributed by atoms with van der Waals surface area (Å²) < 4.78 is 67.0. The number of hydrogen-bond acceptors (Lipinski definition) is 3. The van der Waals surface area contributed by atoms with Gasteiger partial charge in [0.15, 0.2) is 0 Å². The average molecular weight is 382 g/mol. The van der Waals surface area contributed by atoms with Crippen molar-refractivity contribution in [3.63, 3.8) is 0 Å². The van der Waals surface area contributed by atoms with Crippen LogP contribution in [0.25, 0.3) is 10.9 Å². The molecule has 0 radical (unpaired) electrons. The van der Waals surface area contributed by atoms with Gasteiger partial charge in [0.1, 0.15) is 0 Å². The Morgan fingerprint density at radius 2 is 1.77 bits per heavy atom. The van der Waals surface area contributed by atoms with Gasteiger partial charge in [-0.2, -0.15) is 13.2 Å².